The molecule has 1 amide bonds. The number of carbonyl (C=O) groups excluding carboxylic acids is 1. The Balaban J connectivity index is 1.50. The number of amides is 1. The first-order chi connectivity index (χ1) is 12.8. The number of rotatable bonds is 5. The highest BCUT2D eigenvalue weighted by molar-refractivity contribution is 5.82. The molecule has 2 aliphatic heterocycles. The van der Waals surface area contributed by atoms with Crippen LogP contribution in [0.4, 0.5) is 0 Å². The lowest BCUT2D eigenvalue weighted by molar-refractivity contribution is -0.132. The van der Waals surface area contributed by atoms with Crippen molar-refractivity contribution in [2.75, 3.05) is 20.7 Å². The van der Waals surface area contributed by atoms with E-state index in [0.717, 1.165) is 24.2 Å². The van der Waals surface area contributed by atoms with E-state index >= 15 is 0 Å². The van der Waals surface area contributed by atoms with E-state index < -0.39 is 0 Å². The molecule has 0 spiro atoms. The first kappa shape index (κ1) is 20.1. The second kappa shape index (κ2) is 8.14. The van der Waals surface area contributed by atoms with Gasteiger partial charge >= 0.3 is 0 Å². The number of benzene rings is 1. The van der Waals surface area contributed by atoms with Gasteiger partial charge in [0.15, 0.2) is 0 Å². The van der Waals surface area contributed by atoms with Gasteiger partial charge in [0.1, 0.15) is 11.8 Å². The predicted molar refractivity (Wildman–Crippen MR) is 106 cm³/mol. The molecule has 7 heteroatoms. The molecule has 7 nitrogen and oxygen atoms in total. The number of nitrogens with one attached hydrogen (secondary N) is 4. The maximum absolute atomic E-state index is 12.8. The largest absolute Gasteiger partial charge is 0.497 e. The van der Waals surface area contributed by atoms with E-state index in [9.17, 15) is 4.79 Å². The lowest BCUT2D eigenvalue weighted by atomic mass is 9.84. The minimum atomic E-state index is -0.213. The summed E-state index contributed by atoms with van der Waals surface area (Å²) in [5, 5.41) is 0. The molecule has 0 saturated carbocycles. The Morgan fingerprint density at radius 3 is 2.41 bits per heavy atom. The number of hydrogen-bond donors (Lipinski definition) is 4. The van der Waals surface area contributed by atoms with Crippen molar-refractivity contribution >= 4 is 5.91 Å². The first-order valence-corrected chi connectivity index (χ1v) is 9.69. The fraction of sp³-hybridized carbons (Fsp3) is 0.650. The molecule has 27 heavy (non-hydrogen) atoms. The van der Waals surface area contributed by atoms with Crippen molar-refractivity contribution in [3.05, 3.63) is 29.8 Å². The lowest BCUT2D eigenvalue weighted by Gasteiger charge is -2.26. The van der Waals surface area contributed by atoms with E-state index in [2.05, 4.69) is 42.5 Å². The summed E-state index contributed by atoms with van der Waals surface area (Å²) in [6.45, 7) is 7.40. The van der Waals surface area contributed by atoms with Crippen LogP contribution in [0, 0.1) is 5.41 Å². The second-order valence-corrected chi connectivity index (χ2v) is 8.76. The van der Waals surface area contributed by atoms with E-state index in [4.69, 9.17) is 4.74 Å². The molecule has 4 unspecified atom stereocenters. The highest BCUT2D eigenvalue weighted by Crippen LogP contribution is 2.27. The van der Waals surface area contributed by atoms with Crippen molar-refractivity contribution in [3.8, 4) is 5.75 Å². The van der Waals surface area contributed by atoms with Gasteiger partial charge in [-0.05, 0) is 36.0 Å². The number of likely N-dealkylation sites (N-methyl/N-ethyl adjacent to an activating group) is 1. The van der Waals surface area contributed by atoms with Gasteiger partial charge in [-0.1, -0.05) is 32.9 Å². The summed E-state index contributed by atoms with van der Waals surface area (Å²) in [5.74, 6) is 0.961. The molecule has 4 N–H and O–H groups in total. The summed E-state index contributed by atoms with van der Waals surface area (Å²) >= 11 is 0. The number of nitrogens with zero attached hydrogens (tertiary/aromatic N) is 1. The monoisotopic (exact) mass is 375 g/mol. The van der Waals surface area contributed by atoms with Crippen molar-refractivity contribution in [1.29, 1.82) is 0 Å². The Bertz CT molecular complexity index is 643. The normalized spacial score (nSPS) is 28.3. The molecule has 0 aliphatic carbocycles. The molecule has 3 rings (SSSR count). The van der Waals surface area contributed by atoms with Crippen LogP contribution in [0.15, 0.2) is 24.3 Å². The quantitative estimate of drug-likeness (QED) is 0.622. The topological polar surface area (TPSA) is 77.7 Å². The van der Waals surface area contributed by atoms with E-state index in [-0.39, 0.29) is 29.4 Å². The smallest absolute Gasteiger partial charge is 0.240 e. The Hall–Kier alpha value is -1.67. The Morgan fingerprint density at radius 1 is 1.11 bits per heavy atom. The van der Waals surface area contributed by atoms with Gasteiger partial charge in [-0.2, -0.15) is 0 Å². The Morgan fingerprint density at radius 2 is 1.81 bits per heavy atom. The number of methoxy groups -OCH3 is 1. The molecule has 2 saturated heterocycles. The Kier molecular flexibility index (Phi) is 6.05. The SMILES string of the molecule is COc1ccc(C2CC(C(=O)N(C)CC3CC(C(C)(C)C)NN3)NN2)cc1. The van der Waals surface area contributed by atoms with Crippen molar-refractivity contribution in [2.45, 2.75) is 57.8 Å². The average molecular weight is 376 g/mol. The van der Waals surface area contributed by atoms with Crippen molar-refractivity contribution in [3.63, 3.8) is 0 Å². The summed E-state index contributed by atoms with van der Waals surface area (Å²) in [4.78, 5) is 14.7. The van der Waals surface area contributed by atoms with Gasteiger partial charge < -0.3 is 9.64 Å². The van der Waals surface area contributed by atoms with Crippen LogP contribution in [0.1, 0.15) is 45.2 Å². The van der Waals surface area contributed by atoms with Crippen LogP contribution >= 0.6 is 0 Å². The van der Waals surface area contributed by atoms with Crippen molar-refractivity contribution in [1.82, 2.24) is 26.6 Å². The van der Waals surface area contributed by atoms with E-state index in [1.807, 2.05) is 36.2 Å². The minimum absolute atomic E-state index is 0.120. The summed E-state index contributed by atoms with van der Waals surface area (Å²) in [6, 6.07) is 8.56. The van der Waals surface area contributed by atoms with Crippen LogP contribution in [0.2, 0.25) is 0 Å². The zero-order chi connectivity index (χ0) is 19.6. The molecule has 0 radical (unpaired) electrons. The second-order valence-electron chi connectivity index (χ2n) is 8.76. The van der Waals surface area contributed by atoms with E-state index in [1.54, 1.807) is 7.11 Å². The average Bonchev–Trinajstić information content (AvgIpc) is 3.30. The molecule has 1 aromatic rings. The van der Waals surface area contributed by atoms with Gasteiger partial charge in [-0.25, -0.2) is 10.9 Å². The highest BCUT2D eigenvalue weighted by atomic mass is 16.5. The molecule has 1 aromatic carbocycles. The molecule has 2 heterocycles. The van der Waals surface area contributed by atoms with E-state index in [0.29, 0.717) is 12.6 Å². The molecule has 2 aliphatic rings. The number of hydrazine groups is 2. The molecule has 4 atom stereocenters. The van der Waals surface area contributed by atoms with Crippen molar-refractivity contribution < 1.29 is 9.53 Å². The molecule has 0 aromatic heterocycles. The van der Waals surface area contributed by atoms with Crippen LogP contribution < -0.4 is 26.4 Å². The van der Waals surface area contributed by atoms with Crippen LogP contribution in [-0.4, -0.2) is 49.6 Å². The van der Waals surface area contributed by atoms with Crippen LogP contribution in [-0.2, 0) is 4.79 Å². The van der Waals surface area contributed by atoms with Crippen LogP contribution in [0.5, 0.6) is 5.75 Å². The van der Waals surface area contributed by atoms with Gasteiger partial charge in [-0.15, -0.1) is 0 Å². The van der Waals surface area contributed by atoms with Crippen molar-refractivity contribution in [2.24, 2.45) is 5.41 Å². The molecule has 150 valence electrons. The first-order valence-electron chi connectivity index (χ1n) is 9.69. The summed E-state index contributed by atoms with van der Waals surface area (Å²) < 4.78 is 5.21. The van der Waals surface area contributed by atoms with Gasteiger partial charge in [0.05, 0.1) is 7.11 Å². The number of carbonyl (C=O) groups is 1. The third kappa shape index (κ3) is 4.79. The number of hydrogen-bond acceptors (Lipinski definition) is 6. The predicted octanol–water partition coefficient (Wildman–Crippen LogP) is 1.34. The lowest BCUT2D eigenvalue weighted by Crippen LogP contribution is -2.48. The van der Waals surface area contributed by atoms with Crippen LogP contribution in [0.3, 0.4) is 0 Å². The van der Waals surface area contributed by atoms with Gasteiger partial charge in [0.25, 0.3) is 0 Å². The summed E-state index contributed by atoms with van der Waals surface area (Å²) in [6.07, 6.45) is 1.75. The summed E-state index contributed by atoms with van der Waals surface area (Å²) in [5.41, 5.74) is 14.5. The number of ether oxygens (including phenoxy) is 1. The minimum Gasteiger partial charge on any atom is -0.497 e. The third-order valence-electron chi connectivity index (χ3n) is 5.62. The fourth-order valence-electron chi connectivity index (χ4n) is 3.77. The van der Waals surface area contributed by atoms with Gasteiger partial charge in [-0.3, -0.25) is 15.6 Å². The Labute approximate surface area is 162 Å². The zero-order valence-electron chi connectivity index (χ0n) is 17.0. The molecular weight excluding hydrogens is 342 g/mol. The van der Waals surface area contributed by atoms with Gasteiger partial charge in [0, 0.05) is 31.7 Å². The molecule has 0 bridgehead atoms. The molecule has 2 fully saturated rings. The third-order valence-corrected chi connectivity index (χ3v) is 5.62. The maximum Gasteiger partial charge on any atom is 0.240 e. The maximum atomic E-state index is 12.8. The summed E-state index contributed by atoms with van der Waals surface area (Å²) in [7, 11) is 3.55. The van der Waals surface area contributed by atoms with Crippen LogP contribution in [0.25, 0.3) is 0 Å². The molecular formula is C20H33N5O2. The fourth-order valence-corrected chi connectivity index (χ4v) is 3.77. The highest BCUT2D eigenvalue weighted by Gasteiger charge is 2.36. The van der Waals surface area contributed by atoms with E-state index in [1.165, 1.54) is 0 Å². The standard InChI is InChI=1S/C20H33N5O2/c1-20(2,3)18-10-14(21-24-18)12-25(4)19(26)17-11-16(22-23-17)13-6-8-15(27-5)9-7-13/h6-9,14,16-18,21-24H,10-12H2,1-5H3. The zero-order valence-corrected chi connectivity index (χ0v) is 17.0. The van der Waals surface area contributed by atoms with Gasteiger partial charge in [0.2, 0.25) is 5.91 Å².